The van der Waals surface area contributed by atoms with E-state index in [4.69, 9.17) is 0 Å². The van der Waals surface area contributed by atoms with Crippen LogP contribution in [-0.4, -0.2) is 74.6 Å². The van der Waals surface area contributed by atoms with Crippen LogP contribution in [0.2, 0.25) is 0 Å². The van der Waals surface area contributed by atoms with E-state index >= 15 is 0 Å². The van der Waals surface area contributed by atoms with Crippen molar-refractivity contribution in [2.24, 2.45) is 5.92 Å². The summed E-state index contributed by atoms with van der Waals surface area (Å²) in [6.07, 6.45) is -0.207. The monoisotopic (exact) mass is 439 g/mol. The average Bonchev–Trinajstić information content (AvgIpc) is 3.24. The number of anilines is 1. The average molecular weight is 440 g/mol. The van der Waals surface area contributed by atoms with Crippen LogP contribution in [-0.2, 0) is 14.3 Å². The van der Waals surface area contributed by atoms with Crippen LogP contribution in [0.3, 0.4) is 0 Å². The first-order valence-electron chi connectivity index (χ1n) is 11.2. The SMILES string of the molecule is COC(=O)CC(=O)N1C[C@@H](CN2CCN(c3ccc(F)cc3)CC2)[C@H](c2ccccc2)C1. The lowest BCUT2D eigenvalue weighted by Crippen LogP contribution is -2.48. The van der Waals surface area contributed by atoms with Crippen molar-refractivity contribution in [3.05, 3.63) is 66.0 Å². The molecule has 2 aliphatic heterocycles. The molecule has 0 bridgehead atoms. The fraction of sp³-hybridized carbons (Fsp3) is 0.440. The zero-order chi connectivity index (χ0) is 22.5. The lowest BCUT2D eigenvalue weighted by atomic mass is 9.88. The van der Waals surface area contributed by atoms with Crippen LogP contribution >= 0.6 is 0 Å². The summed E-state index contributed by atoms with van der Waals surface area (Å²) in [5.74, 6) is -0.329. The summed E-state index contributed by atoms with van der Waals surface area (Å²) < 4.78 is 17.9. The van der Waals surface area contributed by atoms with E-state index in [0.717, 1.165) is 38.4 Å². The molecule has 0 N–H and O–H groups in total. The molecule has 2 heterocycles. The van der Waals surface area contributed by atoms with E-state index in [1.165, 1.54) is 24.8 Å². The highest BCUT2D eigenvalue weighted by molar-refractivity contribution is 5.94. The number of halogens is 1. The zero-order valence-electron chi connectivity index (χ0n) is 18.5. The van der Waals surface area contributed by atoms with Crippen LogP contribution in [0.1, 0.15) is 17.9 Å². The summed E-state index contributed by atoms with van der Waals surface area (Å²) in [6.45, 7) is 5.79. The number of benzene rings is 2. The molecule has 2 aliphatic rings. The van der Waals surface area contributed by atoms with E-state index in [2.05, 4.69) is 26.7 Å². The van der Waals surface area contributed by atoms with Crippen LogP contribution in [0, 0.1) is 11.7 Å². The topological polar surface area (TPSA) is 53.1 Å². The Morgan fingerprint density at radius 1 is 0.969 bits per heavy atom. The number of piperazine rings is 1. The predicted octanol–water partition coefficient (Wildman–Crippen LogP) is 2.75. The second kappa shape index (κ2) is 10.1. The van der Waals surface area contributed by atoms with Gasteiger partial charge in [0.1, 0.15) is 12.2 Å². The number of rotatable bonds is 6. The van der Waals surface area contributed by atoms with Gasteiger partial charge in [-0.2, -0.15) is 0 Å². The van der Waals surface area contributed by atoms with Gasteiger partial charge in [-0.25, -0.2) is 4.39 Å². The first kappa shape index (κ1) is 22.3. The van der Waals surface area contributed by atoms with Crippen molar-refractivity contribution in [3.8, 4) is 0 Å². The van der Waals surface area contributed by atoms with Crippen molar-refractivity contribution in [1.82, 2.24) is 9.80 Å². The zero-order valence-corrected chi connectivity index (χ0v) is 18.5. The molecule has 0 aromatic heterocycles. The van der Waals surface area contributed by atoms with Crippen molar-refractivity contribution >= 4 is 17.6 Å². The molecule has 2 aromatic carbocycles. The second-order valence-corrected chi connectivity index (χ2v) is 8.59. The van der Waals surface area contributed by atoms with E-state index < -0.39 is 5.97 Å². The molecule has 0 radical (unpaired) electrons. The number of likely N-dealkylation sites (tertiary alicyclic amines) is 1. The highest BCUT2D eigenvalue weighted by Gasteiger charge is 2.37. The Kier molecular flexibility index (Phi) is 7.05. The predicted molar refractivity (Wildman–Crippen MR) is 121 cm³/mol. The molecule has 0 spiro atoms. The van der Waals surface area contributed by atoms with E-state index in [1.54, 1.807) is 0 Å². The first-order valence-corrected chi connectivity index (χ1v) is 11.2. The Labute approximate surface area is 188 Å². The Morgan fingerprint density at radius 2 is 1.66 bits per heavy atom. The second-order valence-electron chi connectivity index (χ2n) is 8.59. The van der Waals surface area contributed by atoms with Gasteiger partial charge >= 0.3 is 5.97 Å². The van der Waals surface area contributed by atoms with Crippen LogP contribution in [0.4, 0.5) is 10.1 Å². The van der Waals surface area contributed by atoms with Gasteiger partial charge in [0.2, 0.25) is 5.91 Å². The summed E-state index contributed by atoms with van der Waals surface area (Å²) in [7, 11) is 1.31. The van der Waals surface area contributed by atoms with E-state index in [0.29, 0.717) is 19.0 Å². The number of carbonyl (C=O) groups excluding carboxylic acids is 2. The van der Waals surface area contributed by atoms with Gasteiger partial charge in [-0.05, 0) is 35.7 Å². The minimum atomic E-state index is -0.494. The molecule has 6 nitrogen and oxygen atoms in total. The molecule has 2 fully saturated rings. The van der Waals surface area contributed by atoms with Gasteiger partial charge in [0, 0.05) is 57.4 Å². The lowest BCUT2D eigenvalue weighted by molar-refractivity contribution is -0.146. The Bertz CT molecular complexity index is 914. The Hall–Kier alpha value is -2.93. The third kappa shape index (κ3) is 5.27. The maximum absolute atomic E-state index is 13.2. The molecular weight excluding hydrogens is 409 g/mol. The molecule has 32 heavy (non-hydrogen) atoms. The number of methoxy groups -OCH3 is 1. The summed E-state index contributed by atoms with van der Waals surface area (Å²) in [4.78, 5) is 30.8. The molecule has 4 rings (SSSR count). The van der Waals surface area contributed by atoms with E-state index in [9.17, 15) is 14.0 Å². The summed E-state index contributed by atoms with van der Waals surface area (Å²) >= 11 is 0. The van der Waals surface area contributed by atoms with Gasteiger partial charge in [0.15, 0.2) is 0 Å². The minimum absolute atomic E-state index is 0.165. The smallest absolute Gasteiger partial charge is 0.315 e. The first-order chi connectivity index (χ1) is 15.5. The van der Waals surface area contributed by atoms with Crippen molar-refractivity contribution in [3.63, 3.8) is 0 Å². The number of carbonyl (C=O) groups is 2. The van der Waals surface area contributed by atoms with Crippen molar-refractivity contribution in [2.75, 3.05) is 57.8 Å². The van der Waals surface area contributed by atoms with E-state index in [-0.39, 0.29) is 24.1 Å². The Morgan fingerprint density at radius 3 is 2.31 bits per heavy atom. The van der Waals surface area contributed by atoms with Gasteiger partial charge < -0.3 is 14.5 Å². The van der Waals surface area contributed by atoms with Gasteiger partial charge in [-0.3, -0.25) is 14.5 Å². The minimum Gasteiger partial charge on any atom is -0.469 e. The molecule has 2 atom stereocenters. The maximum atomic E-state index is 13.2. The number of hydrogen-bond acceptors (Lipinski definition) is 5. The van der Waals surface area contributed by atoms with Crippen LogP contribution in [0.15, 0.2) is 54.6 Å². The molecule has 0 unspecified atom stereocenters. The fourth-order valence-electron chi connectivity index (χ4n) is 4.82. The molecule has 0 saturated carbocycles. The Balaban J connectivity index is 1.39. The third-order valence-electron chi connectivity index (χ3n) is 6.60. The highest BCUT2D eigenvalue weighted by atomic mass is 19.1. The van der Waals surface area contributed by atoms with Crippen molar-refractivity contribution in [1.29, 1.82) is 0 Å². The summed E-state index contributed by atoms with van der Waals surface area (Å²) in [6, 6.07) is 17.0. The maximum Gasteiger partial charge on any atom is 0.315 e. The van der Waals surface area contributed by atoms with Crippen LogP contribution in [0.5, 0.6) is 0 Å². The molecule has 0 aliphatic carbocycles. The quantitative estimate of drug-likeness (QED) is 0.512. The number of esters is 1. The van der Waals surface area contributed by atoms with E-state index in [1.807, 2.05) is 35.2 Å². The van der Waals surface area contributed by atoms with Gasteiger partial charge in [0.05, 0.1) is 7.11 Å². The standard InChI is InChI=1S/C25H30FN3O3/c1-32-25(31)15-24(30)29-17-20(23(18-29)19-5-3-2-4-6-19)16-27-11-13-28(14-12-27)22-9-7-21(26)8-10-22/h2-10,20,23H,11-18H2,1H3/t20-,23+/m1/s1. The number of ether oxygens (including phenoxy) is 1. The fourth-order valence-corrected chi connectivity index (χ4v) is 4.82. The van der Waals surface area contributed by atoms with Crippen LogP contribution < -0.4 is 4.90 Å². The van der Waals surface area contributed by atoms with Crippen molar-refractivity contribution < 1.29 is 18.7 Å². The molecule has 1 amide bonds. The molecule has 2 saturated heterocycles. The largest absolute Gasteiger partial charge is 0.469 e. The summed E-state index contributed by atoms with van der Waals surface area (Å²) in [5, 5.41) is 0. The molecular formula is C25H30FN3O3. The number of nitrogens with zero attached hydrogens (tertiary/aromatic N) is 3. The molecule has 7 heteroatoms. The lowest BCUT2D eigenvalue weighted by Gasteiger charge is -2.37. The van der Waals surface area contributed by atoms with Gasteiger partial charge in [-0.15, -0.1) is 0 Å². The highest BCUT2D eigenvalue weighted by Crippen LogP contribution is 2.34. The summed E-state index contributed by atoms with van der Waals surface area (Å²) in [5.41, 5.74) is 2.28. The third-order valence-corrected chi connectivity index (χ3v) is 6.60. The van der Waals surface area contributed by atoms with Gasteiger partial charge in [-0.1, -0.05) is 30.3 Å². The van der Waals surface area contributed by atoms with Crippen molar-refractivity contribution in [2.45, 2.75) is 12.3 Å². The van der Waals surface area contributed by atoms with Crippen LogP contribution in [0.25, 0.3) is 0 Å². The van der Waals surface area contributed by atoms with Gasteiger partial charge in [0.25, 0.3) is 0 Å². The molecule has 170 valence electrons. The number of hydrogen-bond donors (Lipinski definition) is 0. The molecule has 2 aromatic rings. The number of amides is 1. The normalized spacial score (nSPS) is 21.6.